The molecule has 2 amide bonds. The third kappa shape index (κ3) is 3.80. The van der Waals surface area contributed by atoms with E-state index in [-0.39, 0.29) is 22.6 Å². The fraction of sp³-hybridized carbons (Fsp3) is 0.565. The van der Waals surface area contributed by atoms with Gasteiger partial charge >= 0.3 is 11.9 Å². The number of amides is 2. The lowest BCUT2D eigenvalue weighted by Gasteiger charge is -2.42. The van der Waals surface area contributed by atoms with Crippen molar-refractivity contribution in [3.05, 3.63) is 34.9 Å². The molecule has 13 heteroatoms. The van der Waals surface area contributed by atoms with E-state index < -0.39 is 51.9 Å². The van der Waals surface area contributed by atoms with E-state index in [1.807, 2.05) is 27.7 Å². The molecule has 4 fully saturated rings. The predicted octanol–water partition coefficient (Wildman–Crippen LogP) is 1.20. The minimum Gasteiger partial charge on any atom is -0.419 e. The molecule has 1 aromatic rings. The van der Waals surface area contributed by atoms with Crippen LogP contribution in [-0.4, -0.2) is 78.0 Å². The second-order valence-electron chi connectivity index (χ2n) is 10.3. The Morgan fingerprint density at radius 2 is 1.25 bits per heavy atom. The van der Waals surface area contributed by atoms with Crippen LogP contribution in [0.3, 0.4) is 0 Å². The SMILES string of the molecule is CC1(C)S[C@@H]2[C@H](N)C(=O)N2[C@H]1C(=O)OC(OC(=O)[C@@H]1N2C(=O)[C@@H](N)[C@H]2SC1(C)C)c1ccc(Cl)cc1. The molecule has 6 atom stereocenters. The summed E-state index contributed by atoms with van der Waals surface area (Å²) < 4.78 is 10.2. The third-order valence-corrected chi connectivity index (χ3v) is 10.4. The molecule has 4 aliphatic heterocycles. The first kappa shape index (κ1) is 25.7. The molecule has 194 valence electrons. The minimum atomic E-state index is -1.42. The summed E-state index contributed by atoms with van der Waals surface area (Å²) in [7, 11) is 0. The molecule has 0 aliphatic carbocycles. The van der Waals surface area contributed by atoms with E-state index in [9.17, 15) is 19.2 Å². The van der Waals surface area contributed by atoms with Crippen LogP contribution in [0.1, 0.15) is 39.5 Å². The zero-order valence-corrected chi connectivity index (χ0v) is 22.4. The van der Waals surface area contributed by atoms with Gasteiger partial charge in [-0.25, -0.2) is 9.59 Å². The number of nitrogens with zero attached hydrogens (tertiary/aromatic N) is 2. The smallest absolute Gasteiger partial charge is 0.333 e. The van der Waals surface area contributed by atoms with E-state index in [0.717, 1.165) is 0 Å². The number of hydrogen-bond acceptors (Lipinski definition) is 10. The van der Waals surface area contributed by atoms with Crippen molar-refractivity contribution in [1.82, 2.24) is 9.80 Å². The first-order valence-electron chi connectivity index (χ1n) is 11.4. The molecule has 4 saturated heterocycles. The van der Waals surface area contributed by atoms with Gasteiger partial charge < -0.3 is 30.7 Å². The Kier molecular flexibility index (Phi) is 6.07. The number of thioether (sulfide) groups is 2. The number of benzene rings is 1. The van der Waals surface area contributed by atoms with Gasteiger partial charge in [-0.2, -0.15) is 0 Å². The van der Waals surface area contributed by atoms with E-state index in [4.69, 9.17) is 32.5 Å². The maximum absolute atomic E-state index is 13.4. The second-order valence-corrected chi connectivity index (χ2v) is 14.3. The van der Waals surface area contributed by atoms with Crippen molar-refractivity contribution in [3.8, 4) is 0 Å². The van der Waals surface area contributed by atoms with Gasteiger partial charge in [-0.15, -0.1) is 23.5 Å². The summed E-state index contributed by atoms with van der Waals surface area (Å²) >= 11 is 8.88. The highest BCUT2D eigenvalue weighted by atomic mass is 35.5. The van der Waals surface area contributed by atoms with Gasteiger partial charge in [-0.05, 0) is 39.8 Å². The van der Waals surface area contributed by atoms with Crippen LogP contribution in [0.25, 0.3) is 0 Å². The van der Waals surface area contributed by atoms with Crippen molar-refractivity contribution < 1.29 is 28.7 Å². The van der Waals surface area contributed by atoms with Gasteiger partial charge in [0.15, 0.2) is 0 Å². The number of β-lactam (4-membered cyclic amide) rings is 2. The van der Waals surface area contributed by atoms with Crippen molar-refractivity contribution in [3.63, 3.8) is 0 Å². The van der Waals surface area contributed by atoms with E-state index in [2.05, 4.69) is 0 Å². The summed E-state index contributed by atoms with van der Waals surface area (Å²) in [5.74, 6) is -2.10. The van der Waals surface area contributed by atoms with Crippen LogP contribution in [0, 0.1) is 0 Å². The summed E-state index contributed by atoms with van der Waals surface area (Å²) in [6.07, 6.45) is -1.42. The summed E-state index contributed by atoms with van der Waals surface area (Å²) in [6.45, 7) is 7.34. The Morgan fingerprint density at radius 1 is 0.861 bits per heavy atom. The molecular weight excluding hydrogens is 528 g/mol. The zero-order valence-electron chi connectivity index (χ0n) is 20.0. The van der Waals surface area contributed by atoms with Crippen molar-refractivity contribution in [1.29, 1.82) is 0 Å². The van der Waals surface area contributed by atoms with Crippen molar-refractivity contribution >= 4 is 58.9 Å². The summed E-state index contributed by atoms with van der Waals surface area (Å²) in [5, 5.41) is -0.198. The van der Waals surface area contributed by atoms with Crippen LogP contribution in [0.5, 0.6) is 0 Å². The maximum Gasteiger partial charge on any atom is 0.333 e. The van der Waals surface area contributed by atoms with E-state index in [1.165, 1.54) is 33.3 Å². The van der Waals surface area contributed by atoms with Gasteiger partial charge in [0.25, 0.3) is 6.29 Å². The van der Waals surface area contributed by atoms with Gasteiger partial charge in [0, 0.05) is 20.1 Å². The molecule has 0 bridgehead atoms. The zero-order chi connectivity index (χ0) is 26.3. The molecule has 0 unspecified atom stereocenters. The number of halogens is 1. The molecule has 36 heavy (non-hydrogen) atoms. The van der Waals surface area contributed by atoms with Gasteiger partial charge in [0.05, 0.1) is 0 Å². The van der Waals surface area contributed by atoms with Gasteiger partial charge in [0.1, 0.15) is 34.9 Å². The fourth-order valence-corrected chi connectivity index (χ4v) is 8.42. The normalized spacial score (nSPS) is 33.6. The number of esters is 2. The van der Waals surface area contributed by atoms with Crippen LogP contribution < -0.4 is 11.5 Å². The lowest BCUT2D eigenvalue weighted by molar-refractivity contribution is -0.201. The third-order valence-electron chi connectivity index (χ3n) is 7.00. The molecule has 4 heterocycles. The van der Waals surface area contributed by atoms with Gasteiger partial charge in [-0.1, -0.05) is 23.7 Å². The maximum atomic E-state index is 13.4. The van der Waals surface area contributed by atoms with Crippen LogP contribution in [0.15, 0.2) is 24.3 Å². The fourth-order valence-electron chi connectivity index (χ4n) is 5.17. The van der Waals surface area contributed by atoms with E-state index >= 15 is 0 Å². The molecule has 0 spiro atoms. The quantitative estimate of drug-likeness (QED) is 0.309. The molecule has 0 saturated carbocycles. The Hall–Kier alpha value is -1.99. The predicted molar refractivity (Wildman–Crippen MR) is 135 cm³/mol. The Labute approximate surface area is 221 Å². The Bertz CT molecular complexity index is 1080. The van der Waals surface area contributed by atoms with Gasteiger partial charge in [0.2, 0.25) is 11.8 Å². The van der Waals surface area contributed by atoms with E-state index in [1.54, 1.807) is 24.3 Å². The number of ether oxygens (including phenoxy) is 2. The number of carbonyl (C=O) groups is 4. The lowest BCUT2D eigenvalue weighted by Crippen LogP contribution is -2.69. The molecule has 4 N–H and O–H groups in total. The molecule has 4 aliphatic rings. The molecule has 1 aromatic carbocycles. The minimum absolute atomic E-state index is 0.323. The van der Waals surface area contributed by atoms with Crippen LogP contribution >= 0.6 is 35.1 Å². The Balaban J connectivity index is 1.40. The molecule has 10 nitrogen and oxygen atoms in total. The van der Waals surface area contributed by atoms with E-state index in [0.29, 0.717) is 10.6 Å². The van der Waals surface area contributed by atoms with Crippen LogP contribution in [-0.2, 0) is 28.7 Å². The summed E-state index contributed by atoms with van der Waals surface area (Å²) in [5.41, 5.74) is 12.2. The van der Waals surface area contributed by atoms with Crippen LogP contribution in [0.4, 0.5) is 0 Å². The number of hydrogen-bond donors (Lipinski definition) is 2. The molecular formula is C23H27ClN4O6S2. The average molecular weight is 555 g/mol. The number of rotatable bonds is 5. The monoisotopic (exact) mass is 554 g/mol. The van der Waals surface area contributed by atoms with Crippen molar-refractivity contribution in [2.45, 2.75) is 78.4 Å². The standard InChI is InChI=1S/C23H27ClN4O6S2/c1-22(2)13(27-15(29)11(25)17(27)35-22)19(31)33-21(9-5-7-10(24)8-6-9)34-20(32)14-23(3,4)36-18-12(26)16(30)28(14)18/h5-8,11-14,17-18,21H,25-26H2,1-4H3/t11-,12-,13+,14+,17-,18-/m1/s1. The van der Waals surface area contributed by atoms with Crippen molar-refractivity contribution in [2.75, 3.05) is 0 Å². The summed E-state index contributed by atoms with van der Waals surface area (Å²) in [6, 6.07) is 3.16. The number of fused-ring (bicyclic) bond motifs is 2. The molecule has 0 radical (unpaired) electrons. The molecule has 5 rings (SSSR count). The first-order valence-corrected chi connectivity index (χ1v) is 13.6. The highest BCUT2D eigenvalue weighted by Crippen LogP contribution is 2.52. The van der Waals surface area contributed by atoms with Gasteiger partial charge in [-0.3, -0.25) is 9.59 Å². The molecule has 0 aromatic heterocycles. The topological polar surface area (TPSA) is 145 Å². The first-order chi connectivity index (χ1) is 16.7. The number of nitrogens with two attached hydrogens (primary N) is 2. The largest absolute Gasteiger partial charge is 0.419 e. The Morgan fingerprint density at radius 3 is 1.64 bits per heavy atom. The number of carbonyl (C=O) groups excluding carboxylic acids is 4. The summed E-state index contributed by atoms with van der Waals surface area (Å²) in [4.78, 5) is 54.6. The second kappa shape index (κ2) is 8.52. The lowest BCUT2D eigenvalue weighted by atomic mass is 9.96. The average Bonchev–Trinajstić information content (AvgIpc) is 3.23. The highest BCUT2D eigenvalue weighted by molar-refractivity contribution is 8.02. The highest BCUT2D eigenvalue weighted by Gasteiger charge is 2.65. The van der Waals surface area contributed by atoms with Crippen molar-refractivity contribution in [2.24, 2.45) is 11.5 Å². The van der Waals surface area contributed by atoms with Crippen LogP contribution in [0.2, 0.25) is 5.02 Å².